The number of carboxylic acid groups (broad SMARTS) is 1. The van der Waals surface area contributed by atoms with Gasteiger partial charge in [-0.25, -0.2) is 0 Å². The van der Waals surface area contributed by atoms with E-state index >= 15 is 0 Å². The van der Waals surface area contributed by atoms with Crippen molar-refractivity contribution in [1.82, 2.24) is 10.2 Å². The van der Waals surface area contributed by atoms with Gasteiger partial charge in [-0.3, -0.25) is 14.4 Å². The highest BCUT2D eigenvalue weighted by Crippen LogP contribution is 2.10. The van der Waals surface area contributed by atoms with Crippen LogP contribution >= 0.6 is 0 Å². The average molecular weight is 320 g/mol. The second-order valence-electron chi connectivity index (χ2n) is 5.73. The van der Waals surface area contributed by atoms with Gasteiger partial charge in [-0.05, 0) is 43.9 Å². The first-order valence-corrected chi connectivity index (χ1v) is 7.64. The SMILES string of the molecule is C[C@@H](NC(=O)c1cccc(CCCCC(=O)N(C)C)c1)C(=O)O. The number of hydrogen-bond acceptors (Lipinski definition) is 3. The number of rotatable bonds is 8. The predicted octanol–water partition coefficient (Wildman–Crippen LogP) is 1.69. The van der Waals surface area contributed by atoms with Gasteiger partial charge in [0.2, 0.25) is 5.91 Å². The number of unbranched alkanes of at least 4 members (excludes halogenated alkanes) is 1. The van der Waals surface area contributed by atoms with Gasteiger partial charge in [0.05, 0.1) is 0 Å². The summed E-state index contributed by atoms with van der Waals surface area (Å²) in [6, 6.07) is 6.19. The summed E-state index contributed by atoms with van der Waals surface area (Å²) in [7, 11) is 3.48. The summed E-state index contributed by atoms with van der Waals surface area (Å²) in [6.07, 6.45) is 2.94. The number of hydrogen-bond donors (Lipinski definition) is 2. The zero-order valence-electron chi connectivity index (χ0n) is 13.8. The van der Waals surface area contributed by atoms with Crippen LogP contribution in [0.3, 0.4) is 0 Å². The lowest BCUT2D eigenvalue weighted by Crippen LogP contribution is -2.38. The first-order chi connectivity index (χ1) is 10.8. The Bertz CT molecular complexity index is 569. The smallest absolute Gasteiger partial charge is 0.325 e. The van der Waals surface area contributed by atoms with Crippen LogP contribution in [0.2, 0.25) is 0 Å². The molecule has 0 aliphatic heterocycles. The van der Waals surface area contributed by atoms with E-state index in [1.54, 1.807) is 37.2 Å². The molecule has 0 unspecified atom stereocenters. The average Bonchev–Trinajstić information content (AvgIpc) is 2.51. The Hall–Kier alpha value is -2.37. The molecule has 0 radical (unpaired) electrons. The van der Waals surface area contributed by atoms with Crippen molar-refractivity contribution in [3.8, 4) is 0 Å². The molecule has 2 N–H and O–H groups in total. The third-order valence-corrected chi connectivity index (χ3v) is 3.51. The van der Waals surface area contributed by atoms with Crippen molar-refractivity contribution in [2.75, 3.05) is 14.1 Å². The lowest BCUT2D eigenvalue weighted by atomic mass is 10.0. The molecule has 1 rings (SSSR count). The molecule has 126 valence electrons. The highest BCUT2D eigenvalue weighted by atomic mass is 16.4. The topological polar surface area (TPSA) is 86.7 Å². The Kier molecular flexibility index (Phi) is 7.25. The normalized spacial score (nSPS) is 11.6. The van der Waals surface area contributed by atoms with Gasteiger partial charge in [0.1, 0.15) is 6.04 Å². The molecule has 1 atom stereocenters. The summed E-state index contributed by atoms with van der Waals surface area (Å²) in [5, 5.41) is 11.2. The van der Waals surface area contributed by atoms with Gasteiger partial charge in [-0.2, -0.15) is 0 Å². The van der Waals surface area contributed by atoms with E-state index in [-0.39, 0.29) is 5.91 Å². The van der Waals surface area contributed by atoms with E-state index in [0.29, 0.717) is 12.0 Å². The second kappa shape index (κ2) is 8.92. The maximum Gasteiger partial charge on any atom is 0.325 e. The van der Waals surface area contributed by atoms with Gasteiger partial charge in [0.25, 0.3) is 5.91 Å². The minimum Gasteiger partial charge on any atom is -0.480 e. The van der Waals surface area contributed by atoms with E-state index in [0.717, 1.165) is 24.8 Å². The first kappa shape index (κ1) is 18.7. The highest BCUT2D eigenvalue weighted by Gasteiger charge is 2.15. The van der Waals surface area contributed by atoms with E-state index in [1.165, 1.54) is 6.92 Å². The number of nitrogens with zero attached hydrogens (tertiary/aromatic N) is 1. The molecule has 2 amide bonds. The van der Waals surface area contributed by atoms with E-state index in [2.05, 4.69) is 5.32 Å². The van der Waals surface area contributed by atoms with Crippen molar-refractivity contribution in [3.63, 3.8) is 0 Å². The predicted molar refractivity (Wildman–Crippen MR) is 87.3 cm³/mol. The van der Waals surface area contributed by atoms with Crippen LogP contribution in [0.5, 0.6) is 0 Å². The number of aryl methyl sites for hydroxylation is 1. The number of carbonyl (C=O) groups excluding carboxylic acids is 2. The fourth-order valence-corrected chi connectivity index (χ4v) is 2.04. The zero-order chi connectivity index (χ0) is 17.4. The van der Waals surface area contributed by atoms with E-state index in [9.17, 15) is 14.4 Å². The van der Waals surface area contributed by atoms with Crippen molar-refractivity contribution in [1.29, 1.82) is 0 Å². The van der Waals surface area contributed by atoms with Crippen LogP contribution in [0.1, 0.15) is 42.1 Å². The minimum atomic E-state index is -1.07. The Morgan fingerprint density at radius 3 is 2.52 bits per heavy atom. The zero-order valence-corrected chi connectivity index (χ0v) is 13.8. The standard InChI is InChI=1S/C17H24N2O4/c1-12(17(22)23)18-16(21)14-9-6-8-13(11-14)7-4-5-10-15(20)19(2)3/h6,8-9,11-12H,4-5,7,10H2,1-3H3,(H,18,21)(H,22,23)/t12-/m1/s1. The fraction of sp³-hybridized carbons (Fsp3) is 0.471. The van der Waals surface area contributed by atoms with E-state index < -0.39 is 17.9 Å². The Morgan fingerprint density at radius 2 is 1.91 bits per heavy atom. The Balaban J connectivity index is 2.51. The van der Waals surface area contributed by atoms with Crippen LogP contribution in [0.25, 0.3) is 0 Å². The molecule has 0 spiro atoms. The molecule has 0 saturated carbocycles. The molecule has 6 heteroatoms. The van der Waals surface area contributed by atoms with Crippen molar-refractivity contribution in [2.24, 2.45) is 0 Å². The van der Waals surface area contributed by atoms with E-state index in [4.69, 9.17) is 5.11 Å². The Labute approximate surface area is 136 Å². The van der Waals surface area contributed by atoms with Crippen molar-refractivity contribution < 1.29 is 19.5 Å². The molecule has 1 aromatic carbocycles. The summed E-state index contributed by atoms with van der Waals surface area (Å²) in [4.78, 5) is 35.8. The van der Waals surface area contributed by atoms with Gasteiger partial charge >= 0.3 is 5.97 Å². The van der Waals surface area contributed by atoms with Crippen LogP contribution < -0.4 is 5.32 Å². The summed E-state index contributed by atoms with van der Waals surface area (Å²) >= 11 is 0. The maximum absolute atomic E-state index is 12.0. The molecule has 1 aromatic rings. The summed E-state index contributed by atoms with van der Waals surface area (Å²) in [6.45, 7) is 1.42. The van der Waals surface area contributed by atoms with Crippen molar-refractivity contribution >= 4 is 17.8 Å². The molecule has 0 bridgehead atoms. The fourth-order valence-electron chi connectivity index (χ4n) is 2.04. The number of benzene rings is 1. The lowest BCUT2D eigenvalue weighted by molar-refractivity contribution is -0.138. The number of amides is 2. The minimum absolute atomic E-state index is 0.112. The molecule has 0 fully saturated rings. The van der Waals surface area contributed by atoms with Gasteiger partial charge < -0.3 is 15.3 Å². The monoisotopic (exact) mass is 320 g/mol. The molecular weight excluding hydrogens is 296 g/mol. The summed E-state index contributed by atoms with van der Waals surface area (Å²) < 4.78 is 0. The molecule has 6 nitrogen and oxygen atoms in total. The summed E-state index contributed by atoms with van der Waals surface area (Å²) in [5.41, 5.74) is 1.44. The van der Waals surface area contributed by atoms with E-state index in [1.807, 2.05) is 6.07 Å². The number of carboxylic acids is 1. The van der Waals surface area contributed by atoms with Gasteiger partial charge in [0, 0.05) is 26.1 Å². The van der Waals surface area contributed by atoms with Crippen LogP contribution in [-0.2, 0) is 16.0 Å². The van der Waals surface area contributed by atoms with Crippen LogP contribution in [-0.4, -0.2) is 47.9 Å². The number of nitrogens with one attached hydrogen (secondary N) is 1. The van der Waals surface area contributed by atoms with Crippen LogP contribution in [0.4, 0.5) is 0 Å². The third kappa shape index (κ3) is 6.50. The molecule has 23 heavy (non-hydrogen) atoms. The van der Waals surface area contributed by atoms with Gasteiger partial charge in [-0.1, -0.05) is 12.1 Å². The first-order valence-electron chi connectivity index (χ1n) is 7.64. The molecule has 0 aromatic heterocycles. The largest absolute Gasteiger partial charge is 0.480 e. The van der Waals surface area contributed by atoms with Crippen LogP contribution in [0, 0.1) is 0 Å². The maximum atomic E-state index is 12.0. The second-order valence-corrected chi connectivity index (χ2v) is 5.73. The summed E-state index contributed by atoms with van der Waals surface area (Å²) in [5.74, 6) is -1.36. The van der Waals surface area contributed by atoms with Crippen LogP contribution in [0.15, 0.2) is 24.3 Å². The quantitative estimate of drug-likeness (QED) is 0.714. The van der Waals surface area contributed by atoms with Crippen molar-refractivity contribution in [2.45, 2.75) is 38.6 Å². The van der Waals surface area contributed by atoms with Gasteiger partial charge in [0.15, 0.2) is 0 Å². The highest BCUT2D eigenvalue weighted by molar-refractivity contribution is 5.96. The molecule has 0 saturated heterocycles. The third-order valence-electron chi connectivity index (χ3n) is 3.51. The van der Waals surface area contributed by atoms with Crippen molar-refractivity contribution in [3.05, 3.63) is 35.4 Å². The molecule has 0 aliphatic rings. The molecular formula is C17H24N2O4. The molecule has 0 heterocycles. The Morgan fingerprint density at radius 1 is 1.22 bits per heavy atom. The number of aliphatic carboxylic acids is 1. The molecule has 0 aliphatic carbocycles. The lowest BCUT2D eigenvalue weighted by Gasteiger charge is -2.11. The number of carbonyl (C=O) groups is 3. The van der Waals surface area contributed by atoms with Gasteiger partial charge in [-0.15, -0.1) is 0 Å².